The van der Waals surface area contributed by atoms with Crippen LogP contribution in [0, 0.1) is 0 Å². The molecule has 0 saturated carbocycles. The molecular formula is C13H27N3O2. The van der Waals surface area contributed by atoms with Gasteiger partial charge in [0.2, 0.25) is 0 Å². The van der Waals surface area contributed by atoms with Crippen molar-refractivity contribution in [2.24, 2.45) is 0 Å². The van der Waals surface area contributed by atoms with Crippen LogP contribution in [-0.4, -0.2) is 74.2 Å². The molecule has 0 aromatic carbocycles. The van der Waals surface area contributed by atoms with Gasteiger partial charge in [-0.15, -0.1) is 0 Å². The minimum Gasteiger partial charge on any atom is -0.468 e. The van der Waals surface area contributed by atoms with Crippen LogP contribution in [0.15, 0.2) is 0 Å². The Kier molecular flexibility index (Phi) is 6.60. The monoisotopic (exact) mass is 257 g/mol. The van der Waals surface area contributed by atoms with E-state index in [1.54, 1.807) is 0 Å². The molecule has 1 heterocycles. The van der Waals surface area contributed by atoms with E-state index >= 15 is 0 Å². The maximum Gasteiger partial charge on any atom is 0.324 e. The van der Waals surface area contributed by atoms with Crippen LogP contribution in [0.25, 0.3) is 0 Å². The number of carbonyl (C=O) groups excluding carboxylic acids is 1. The van der Waals surface area contributed by atoms with E-state index in [1.165, 1.54) is 7.11 Å². The third-order valence-corrected chi connectivity index (χ3v) is 3.51. The Labute approximate surface area is 110 Å². The van der Waals surface area contributed by atoms with Crippen LogP contribution in [0.4, 0.5) is 0 Å². The van der Waals surface area contributed by atoms with Crippen molar-refractivity contribution in [3.63, 3.8) is 0 Å². The summed E-state index contributed by atoms with van der Waals surface area (Å²) < 4.78 is 4.83. The van der Waals surface area contributed by atoms with Crippen molar-refractivity contribution in [2.45, 2.75) is 32.9 Å². The summed E-state index contributed by atoms with van der Waals surface area (Å²) in [4.78, 5) is 16.4. The summed E-state index contributed by atoms with van der Waals surface area (Å²) in [6, 6.07) is 0.405. The number of hydrogen-bond donors (Lipinski definition) is 1. The van der Waals surface area contributed by atoms with Crippen LogP contribution in [0.3, 0.4) is 0 Å². The number of likely N-dealkylation sites (N-methyl/N-ethyl adjacent to an activating group) is 1. The molecule has 1 aliphatic heterocycles. The van der Waals surface area contributed by atoms with Crippen LogP contribution < -0.4 is 5.32 Å². The average molecular weight is 257 g/mol. The number of hydrogen-bond acceptors (Lipinski definition) is 5. The van der Waals surface area contributed by atoms with Crippen LogP contribution >= 0.6 is 0 Å². The highest BCUT2D eigenvalue weighted by molar-refractivity contribution is 5.75. The summed E-state index contributed by atoms with van der Waals surface area (Å²) in [6.45, 7) is 12.2. The van der Waals surface area contributed by atoms with Gasteiger partial charge >= 0.3 is 5.97 Å². The van der Waals surface area contributed by atoms with Gasteiger partial charge in [-0.1, -0.05) is 6.92 Å². The van der Waals surface area contributed by atoms with Gasteiger partial charge in [0, 0.05) is 38.8 Å². The second-order valence-electron chi connectivity index (χ2n) is 5.06. The Balaban J connectivity index is 2.39. The van der Waals surface area contributed by atoms with E-state index in [0.717, 1.165) is 39.3 Å². The Morgan fingerprint density at radius 1 is 1.28 bits per heavy atom. The molecule has 0 aromatic heterocycles. The lowest BCUT2D eigenvalue weighted by Gasteiger charge is -2.37. The Hall–Kier alpha value is -0.650. The number of carbonyl (C=O) groups is 1. The highest BCUT2D eigenvalue weighted by Crippen LogP contribution is 2.06. The van der Waals surface area contributed by atoms with Gasteiger partial charge in [-0.25, -0.2) is 0 Å². The first kappa shape index (κ1) is 15.4. The molecular weight excluding hydrogens is 230 g/mol. The second kappa shape index (κ2) is 7.71. The van der Waals surface area contributed by atoms with Crippen molar-refractivity contribution in [3.8, 4) is 0 Å². The molecule has 5 nitrogen and oxygen atoms in total. The van der Waals surface area contributed by atoms with E-state index in [2.05, 4.69) is 29.0 Å². The summed E-state index contributed by atoms with van der Waals surface area (Å²) in [5, 5.41) is 3.18. The summed E-state index contributed by atoms with van der Waals surface area (Å²) >= 11 is 0. The van der Waals surface area contributed by atoms with Gasteiger partial charge in [0.05, 0.1) is 7.11 Å². The zero-order chi connectivity index (χ0) is 13.5. The minimum absolute atomic E-state index is 0.164. The van der Waals surface area contributed by atoms with Gasteiger partial charge in [0.25, 0.3) is 0 Å². The molecule has 0 bridgehead atoms. The fourth-order valence-corrected chi connectivity index (χ4v) is 2.33. The summed E-state index contributed by atoms with van der Waals surface area (Å²) in [5.74, 6) is -0.164. The minimum atomic E-state index is -0.203. The van der Waals surface area contributed by atoms with Crippen molar-refractivity contribution in [2.75, 3.05) is 46.4 Å². The SMILES string of the molecule is CCNC(CN1CCN(C(C)C)CC1)C(=O)OC. The first-order valence-corrected chi connectivity index (χ1v) is 6.86. The third-order valence-electron chi connectivity index (χ3n) is 3.51. The summed E-state index contributed by atoms with van der Waals surface area (Å²) in [7, 11) is 1.45. The van der Waals surface area contributed by atoms with E-state index < -0.39 is 0 Å². The van der Waals surface area contributed by atoms with Gasteiger partial charge in [-0.2, -0.15) is 0 Å². The maximum absolute atomic E-state index is 11.6. The predicted molar refractivity (Wildman–Crippen MR) is 72.6 cm³/mol. The molecule has 1 fully saturated rings. The molecule has 0 aliphatic carbocycles. The van der Waals surface area contributed by atoms with Crippen molar-refractivity contribution in [1.29, 1.82) is 0 Å². The van der Waals surface area contributed by atoms with E-state index in [1.807, 2.05) is 6.92 Å². The fourth-order valence-electron chi connectivity index (χ4n) is 2.33. The normalized spacial score (nSPS) is 20.1. The summed E-state index contributed by atoms with van der Waals surface area (Å²) in [5.41, 5.74) is 0. The molecule has 1 N–H and O–H groups in total. The second-order valence-corrected chi connectivity index (χ2v) is 5.06. The number of rotatable bonds is 6. The number of methoxy groups -OCH3 is 1. The molecule has 0 amide bonds. The fraction of sp³-hybridized carbons (Fsp3) is 0.923. The molecule has 1 atom stereocenters. The van der Waals surface area contributed by atoms with Gasteiger partial charge in [0.15, 0.2) is 0 Å². The lowest BCUT2D eigenvalue weighted by molar-refractivity contribution is -0.143. The molecule has 0 spiro atoms. The molecule has 1 saturated heterocycles. The van der Waals surface area contributed by atoms with E-state index in [-0.39, 0.29) is 12.0 Å². The molecule has 18 heavy (non-hydrogen) atoms. The van der Waals surface area contributed by atoms with Crippen LogP contribution in [-0.2, 0) is 9.53 Å². The molecule has 1 unspecified atom stereocenters. The lowest BCUT2D eigenvalue weighted by atomic mass is 10.2. The molecule has 0 radical (unpaired) electrons. The Morgan fingerprint density at radius 2 is 1.89 bits per heavy atom. The number of nitrogens with one attached hydrogen (secondary N) is 1. The quantitative estimate of drug-likeness (QED) is 0.687. The van der Waals surface area contributed by atoms with Crippen molar-refractivity contribution < 1.29 is 9.53 Å². The third kappa shape index (κ3) is 4.55. The zero-order valence-corrected chi connectivity index (χ0v) is 12.1. The molecule has 1 rings (SSSR count). The zero-order valence-electron chi connectivity index (χ0n) is 12.1. The molecule has 106 valence electrons. The topological polar surface area (TPSA) is 44.8 Å². The van der Waals surface area contributed by atoms with E-state index in [4.69, 9.17) is 4.74 Å². The van der Waals surface area contributed by atoms with E-state index in [9.17, 15) is 4.79 Å². The van der Waals surface area contributed by atoms with Gasteiger partial charge < -0.3 is 10.1 Å². The van der Waals surface area contributed by atoms with E-state index in [0.29, 0.717) is 6.04 Å². The maximum atomic E-state index is 11.6. The van der Waals surface area contributed by atoms with Gasteiger partial charge in [0.1, 0.15) is 6.04 Å². The number of ether oxygens (including phenoxy) is 1. The van der Waals surface area contributed by atoms with Gasteiger partial charge in [-0.05, 0) is 20.4 Å². The highest BCUT2D eigenvalue weighted by Gasteiger charge is 2.24. The highest BCUT2D eigenvalue weighted by atomic mass is 16.5. The van der Waals surface area contributed by atoms with Crippen LogP contribution in [0.5, 0.6) is 0 Å². The first-order valence-electron chi connectivity index (χ1n) is 6.86. The number of piperazine rings is 1. The van der Waals surface area contributed by atoms with Crippen molar-refractivity contribution in [3.05, 3.63) is 0 Å². The Bertz CT molecular complexity index is 251. The number of nitrogens with zero attached hydrogens (tertiary/aromatic N) is 2. The summed E-state index contributed by atoms with van der Waals surface area (Å²) in [6.07, 6.45) is 0. The number of esters is 1. The Morgan fingerprint density at radius 3 is 2.33 bits per heavy atom. The van der Waals surface area contributed by atoms with Crippen molar-refractivity contribution >= 4 is 5.97 Å². The molecule has 1 aliphatic rings. The van der Waals surface area contributed by atoms with Crippen molar-refractivity contribution in [1.82, 2.24) is 15.1 Å². The van der Waals surface area contributed by atoms with Crippen LogP contribution in [0.2, 0.25) is 0 Å². The standard InChI is InChI=1S/C13H27N3O2/c1-5-14-12(13(17)18-4)10-15-6-8-16(9-7-15)11(2)3/h11-12,14H,5-10H2,1-4H3. The molecule has 5 heteroatoms. The van der Waals surface area contributed by atoms with Gasteiger partial charge in [-0.3, -0.25) is 14.6 Å². The molecule has 0 aromatic rings. The smallest absolute Gasteiger partial charge is 0.324 e. The first-order chi connectivity index (χ1) is 8.58. The van der Waals surface area contributed by atoms with Crippen LogP contribution in [0.1, 0.15) is 20.8 Å². The average Bonchev–Trinajstić information content (AvgIpc) is 2.38. The largest absolute Gasteiger partial charge is 0.468 e. The lowest BCUT2D eigenvalue weighted by Crippen LogP contribution is -2.54. The predicted octanol–water partition coefficient (Wildman–Crippen LogP) is 0.164.